The summed E-state index contributed by atoms with van der Waals surface area (Å²) in [5.74, 6) is 0.118. The predicted molar refractivity (Wildman–Crippen MR) is 101 cm³/mol. The number of nitrogens with zero attached hydrogens (tertiary/aromatic N) is 4. The molecule has 6 nitrogen and oxygen atoms in total. The van der Waals surface area contributed by atoms with Gasteiger partial charge in [-0.15, -0.1) is 0 Å². The lowest BCUT2D eigenvalue weighted by atomic mass is 10.1. The summed E-state index contributed by atoms with van der Waals surface area (Å²) in [4.78, 5) is 27.1. The summed E-state index contributed by atoms with van der Waals surface area (Å²) in [7, 11) is 0. The zero-order valence-electron chi connectivity index (χ0n) is 14.9. The van der Waals surface area contributed by atoms with Gasteiger partial charge in [-0.3, -0.25) is 9.78 Å². The molecule has 0 N–H and O–H groups in total. The van der Waals surface area contributed by atoms with E-state index in [-0.39, 0.29) is 12.0 Å². The van der Waals surface area contributed by atoms with E-state index in [2.05, 4.69) is 15.0 Å². The monoisotopic (exact) mass is 360 g/mol. The van der Waals surface area contributed by atoms with Crippen LogP contribution in [-0.2, 0) is 16.0 Å². The number of morpholine rings is 1. The van der Waals surface area contributed by atoms with Gasteiger partial charge in [0.2, 0.25) is 5.91 Å². The average Bonchev–Trinajstić information content (AvgIpc) is 2.75. The maximum atomic E-state index is 12.6. The Morgan fingerprint density at radius 2 is 1.85 bits per heavy atom. The van der Waals surface area contributed by atoms with Crippen LogP contribution in [0.1, 0.15) is 17.4 Å². The van der Waals surface area contributed by atoms with Gasteiger partial charge >= 0.3 is 0 Å². The van der Waals surface area contributed by atoms with Crippen LogP contribution in [0, 0.1) is 0 Å². The SMILES string of the molecule is O=C(Cc1ccccc1)N1CCO[C@H](c2ccc(-c3cncnc3)cn2)C1. The quantitative estimate of drug-likeness (QED) is 0.716. The van der Waals surface area contributed by atoms with Gasteiger partial charge in [0.25, 0.3) is 0 Å². The fraction of sp³-hybridized carbons (Fsp3) is 0.238. The molecule has 0 aliphatic carbocycles. The fourth-order valence-electron chi connectivity index (χ4n) is 3.15. The average molecular weight is 360 g/mol. The van der Waals surface area contributed by atoms with Crippen LogP contribution < -0.4 is 0 Å². The highest BCUT2D eigenvalue weighted by molar-refractivity contribution is 5.78. The first-order valence-corrected chi connectivity index (χ1v) is 8.94. The Bertz CT molecular complexity index is 885. The number of hydrogen-bond acceptors (Lipinski definition) is 5. The highest BCUT2D eigenvalue weighted by atomic mass is 16.5. The zero-order chi connectivity index (χ0) is 18.5. The molecule has 0 spiro atoms. The summed E-state index contributed by atoms with van der Waals surface area (Å²) in [5.41, 5.74) is 3.72. The smallest absolute Gasteiger partial charge is 0.227 e. The first-order valence-electron chi connectivity index (χ1n) is 8.94. The van der Waals surface area contributed by atoms with Crippen LogP contribution in [-0.4, -0.2) is 45.5 Å². The summed E-state index contributed by atoms with van der Waals surface area (Å²) >= 11 is 0. The van der Waals surface area contributed by atoms with Crippen molar-refractivity contribution in [3.05, 3.63) is 78.6 Å². The van der Waals surface area contributed by atoms with Crippen molar-refractivity contribution in [2.24, 2.45) is 0 Å². The third-order valence-electron chi connectivity index (χ3n) is 4.63. The van der Waals surface area contributed by atoms with E-state index in [4.69, 9.17) is 4.74 Å². The minimum absolute atomic E-state index is 0.118. The second-order valence-electron chi connectivity index (χ2n) is 6.46. The molecule has 0 bridgehead atoms. The van der Waals surface area contributed by atoms with Gasteiger partial charge in [-0.25, -0.2) is 9.97 Å². The van der Waals surface area contributed by atoms with E-state index in [1.54, 1.807) is 18.6 Å². The van der Waals surface area contributed by atoms with Gasteiger partial charge in [0.1, 0.15) is 12.4 Å². The van der Waals surface area contributed by atoms with Gasteiger partial charge < -0.3 is 9.64 Å². The van der Waals surface area contributed by atoms with Crippen molar-refractivity contribution in [3.8, 4) is 11.1 Å². The molecule has 136 valence electrons. The van der Waals surface area contributed by atoms with E-state index in [9.17, 15) is 4.79 Å². The van der Waals surface area contributed by atoms with E-state index >= 15 is 0 Å². The van der Waals surface area contributed by atoms with Gasteiger partial charge in [0, 0.05) is 36.3 Å². The van der Waals surface area contributed by atoms with E-state index in [1.807, 2.05) is 47.4 Å². The molecule has 4 rings (SSSR count). The van der Waals surface area contributed by atoms with Gasteiger partial charge in [-0.2, -0.15) is 0 Å². The first kappa shape index (κ1) is 17.3. The number of pyridine rings is 1. The van der Waals surface area contributed by atoms with Crippen molar-refractivity contribution in [1.82, 2.24) is 19.9 Å². The van der Waals surface area contributed by atoms with Gasteiger partial charge in [0.15, 0.2) is 0 Å². The Balaban J connectivity index is 1.43. The number of hydrogen-bond donors (Lipinski definition) is 0. The van der Waals surface area contributed by atoms with Crippen LogP contribution in [0.15, 0.2) is 67.4 Å². The fourth-order valence-corrected chi connectivity index (χ4v) is 3.15. The number of carbonyl (C=O) groups excluding carboxylic acids is 1. The third kappa shape index (κ3) is 4.17. The molecule has 1 aliphatic heterocycles. The highest BCUT2D eigenvalue weighted by Crippen LogP contribution is 2.23. The van der Waals surface area contributed by atoms with Gasteiger partial charge in [-0.05, 0) is 11.6 Å². The predicted octanol–water partition coefficient (Wildman–Crippen LogP) is 2.68. The van der Waals surface area contributed by atoms with Crippen molar-refractivity contribution in [3.63, 3.8) is 0 Å². The third-order valence-corrected chi connectivity index (χ3v) is 4.63. The van der Waals surface area contributed by atoms with Crippen LogP contribution >= 0.6 is 0 Å². The van der Waals surface area contributed by atoms with Crippen molar-refractivity contribution < 1.29 is 9.53 Å². The van der Waals surface area contributed by atoms with Crippen LogP contribution in [0.25, 0.3) is 11.1 Å². The van der Waals surface area contributed by atoms with Crippen LogP contribution in [0.5, 0.6) is 0 Å². The molecule has 1 saturated heterocycles. The molecule has 3 aromatic rings. The van der Waals surface area contributed by atoms with E-state index in [0.29, 0.717) is 26.1 Å². The highest BCUT2D eigenvalue weighted by Gasteiger charge is 2.26. The Kier molecular flexibility index (Phi) is 5.16. The largest absolute Gasteiger partial charge is 0.368 e. The lowest BCUT2D eigenvalue weighted by Gasteiger charge is -2.32. The molecule has 1 aliphatic rings. The summed E-state index contributed by atoms with van der Waals surface area (Å²) in [6.45, 7) is 1.65. The summed E-state index contributed by atoms with van der Waals surface area (Å²) in [6.07, 6.45) is 7.01. The summed E-state index contributed by atoms with van der Waals surface area (Å²) in [6, 6.07) is 13.7. The Hall–Kier alpha value is -3.12. The van der Waals surface area contributed by atoms with Gasteiger partial charge in [-0.1, -0.05) is 36.4 Å². The molecule has 1 aromatic carbocycles. The molecule has 1 fully saturated rings. The molecule has 27 heavy (non-hydrogen) atoms. The normalized spacial score (nSPS) is 16.9. The lowest BCUT2D eigenvalue weighted by Crippen LogP contribution is -2.43. The molecule has 1 atom stereocenters. The molecule has 1 amide bonds. The molecule has 2 aromatic heterocycles. The summed E-state index contributed by atoms with van der Waals surface area (Å²) in [5, 5.41) is 0. The molecule has 0 radical (unpaired) electrons. The number of amides is 1. The van der Waals surface area contributed by atoms with E-state index in [1.165, 1.54) is 6.33 Å². The summed E-state index contributed by atoms with van der Waals surface area (Å²) < 4.78 is 5.86. The lowest BCUT2D eigenvalue weighted by molar-refractivity contribution is -0.138. The Morgan fingerprint density at radius 1 is 1.04 bits per heavy atom. The Labute approximate surface area is 157 Å². The molecular weight excluding hydrogens is 340 g/mol. The molecule has 6 heteroatoms. The van der Waals surface area contributed by atoms with E-state index in [0.717, 1.165) is 22.4 Å². The van der Waals surface area contributed by atoms with E-state index < -0.39 is 0 Å². The topological polar surface area (TPSA) is 68.2 Å². The zero-order valence-corrected chi connectivity index (χ0v) is 14.9. The van der Waals surface area contributed by atoms with Crippen molar-refractivity contribution in [2.75, 3.05) is 19.7 Å². The number of aromatic nitrogens is 3. The molecule has 0 saturated carbocycles. The standard InChI is InChI=1S/C21H20N4O2/c26-21(10-16-4-2-1-3-5-16)25-8-9-27-20(14-25)19-7-6-17(13-24-19)18-11-22-15-23-12-18/h1-7,11-13,15,20H,8-10,14H2/t20-/m0/s1. The van der Waals surface area contributed by atoms with Crippen molar-refractivity contribution >= 4 is 5.91 Å². The number of carbonyl (C=O) groups is 1. The van der Waals surface area contributed by atoms with Crippen LogP contribution in [0.4, 0.5) is 0 Å². The maximum Gasteiger partial charge on any atom is 0.227 e. The molecule has 0 unspecified atom stereocenters. The molecule has 3 heterocycles. The number of benzene rings is 1. The first-order chi connectivity index (χ1) is 13.3. The number of rotatable bonds is 4. The second-order valence-corrected chi connectivity index (χ2v) is 6.46. The maximum absolute atomic E-state index is 12.6. The van der Waals surface area contributed by atoms with Gasteiger partial charge in [0.05, 0.1) is 25.3 Å². The minimum atomic E-state index is -0.209. The van der Waals surface area contributed by atoms with Crippen LogP contribution in [0.2, 0.25) is 0 Å². The number of ether oxygens (including phenoxy) is 1. The second kappa shape index (κ2) is 8.05. The molecular formula is C21H20N4O2. The Morgan fingerprint density at radius 3 is 2.59 bits per heavy atom. The van der Waals surface area contributed by atoms with Crippen LogP contribution in [0.3, 0.4) is 0 Å². The van der Waals surface area contributed by atoms with Crippen molar-refractivity contribution in [2.45, 2.75) is 12.5 Å². The van der Waals surface area contributed by atoms with Crippen molar-refractivity contribution in [1.29, 1.82) is 0 Å². The minimum Gasteiger partial charge on any atom is -0.368 e.